The van der Waals surface area contributed by atoms with Crippen molar-refractivity contribution in [1.29, 1.82) is 0 Å². The third-order valence-corrected chi connectivity index (χ3v) is 33.2. The summed E-state index contributed by atoms with van der Waals surface area (Å²) in [6.45, 7) is 20.9. The first kappa shape index (κ1) is 48.3. The largest absolute Gasteiger partial charge is 0.199 e. The molecule has 1 fully saturated rings. The van der Waals surface area contributed by atoms with Crippen LogP contribution in [-0.4, -0.2) is 20.7 Å². The molecule has 0 saturated heterocycles. The number of rotatable bonds is 8. The van der Waals surface area contributed by atoms with E-state index in [0.717, 1.165) is 45.3 Å². The minimum atomic E-state index is -0.910. The van der Waals surface area contributed by atoms with Crippen molar-refractivity contribution in [2.45, 2.75) is 113 Å². The number of para-hydroxylation sites is 2. The van der Waals surface area contributed by atoms with Crippen molar-refractivity contribution in [3.8, 4) is 34.5 Å². The summed E-state index contributed by atoms with van der Waals surface area (Å²) in [6.07, 6.45) is 7.85. The Bertz CT molecular complexity index is 2280. The number of aromatic hydroxyl groups is 2. The summed E-state index contributed by atoms with van der Waals surface area (Å²) in [6, 6.07) is 48.0. The zero-order chi connectivity index (χ0) is 45.0. The van der Waals surface area contributed by atoms with Crippen LogP contribution in [0.1, 0.15) is 113 Å². The van der Waals surface area contributed by atoms with Gasteiger partial charge in [-0.3, -0.25) is 0 Å². The number of hydrogen-bond donors (Lipinski definition) is 2. The smallest absolute Gasteiger partial charge is 0.0866 e. The standard InChI is InChI=1S/C42H52O4S2.2C7H7.Zr/c1-41(2,3)31-23-29(39(43)35(25-31)45-33-17-11-9-12-18-33)27-47-37-21-15-7-8-16-22-38(37)48-28-30-24-32(42(4,5)6)26-36(40(30)44)46-34-19-13-10-14-20-34;2*1-7-5-3-2-4-6-7;/h9-14,17-20,23-26,37-38,43-44H,7-8,15-16,21-22,27-28H2,1-6H3;2*2-6H,1H2;/q;2*-1;/t37-,38?;;;/m0.../s1. The Morgan fingerprint density at radius 1 is 0.508 bits per heavy atom. The first-order valence-electron chi connectivity index (χ1n) is 22.2. The molecule has 4 atom stereocenters. The number of hydrogen-bond acceptors (Lipinski definition) is 4. The fourth-order valence-corrected chi connectivity index (χ4v) is 36.6. The molecule has 7 heteroatoms. The summed E-state index contributed by atoms with van der Waals surface area (Å²) < 4.78 is 12.7. The van der Waals surface area contributed by atoms with Gasteiger partial charge in [0, 0.05) is 0 Å². The van der Waals surface area contributed by atoms with Crippen LogP contribution >= 0.6 is 14.2 Å². The molecule has 63 heavy (non-hydrogen) atoms. The molecular formula is C56H66O4S2Zr-2. The van der Waals surface area contributed by atoms with Crippen LogP contribution < -0.4 is 9.47 Å². The van der Waals surface area contributed by atoms with Gasteiger partial charge in [-0.1, -0.05) is 12.1 Å². The number of phenolic OH excluding ortho intramolecular Hbond substituents is 2. The summed E-state index contributed by atoms with van der Waals surface area (Å²) in [5.41, 5.74) is 6.49. The molecule has 0 amide bonds. The Hall–Kier alpha value is -4.16. The summed E-state index contributed by atoms with van der Waals surface area (Å²) in [5.74, 6) is 5.08. The van der Waals surface area contributed by atoms with Crippen LogP contribution in [0.4, 0.5) is 0 Å². The monoisotopic (exact) mass is 956 g/mol. The minimum absolute atomic E-state index is 0.0712. The number of ether oxygens (including phenoxy) is 2. The maximum absolute atomic E-state index is 11.7. The van der Waals surface area contributed by atoms with Crippen LogP contribution in [0.3, 0.4) is 0 Å². The van der Waals surface area contributed by atoms with Crippen LogP contribution in [0.25, 0.3) is 0 Å². The maximum atomic E-state index is 11.7. The summed E-state index contributed by atoms with van der Waals surface area (Å²) in [5, 5.41) is 24.9. The van der Waals surface area contributed by atoms with Crippen molar-refractivity contribution in [3.05, 3.63) is 193 Å². The molecule has 6 aromatic rings. The molecule has 0 aromatic heterocycles. The van der Waals surface area contributed by atoms with E-state index in [0.29, 0.717) is 33.5 Å². The van der Waals surface area contributed by atoms with Crippen molar-refractivity contribution < 1.29 is 38.8 Å². The van der Waals surface area contributed by atoms with Crippen molar-refractivity contribution in [2.24, 2.45) is 0 Å². The van der Waals surface area contributed by atoms with E-state index in [1.807, 2.05) is 133 Å². The molecule has 1 aliphatic carbocycles. The van der Waals surface area contributed by atoms with Gasteiger partial charge in [0.2, 0.25) is 0 Å². The van der Waals surface area contributed by atoms with E-state index >= 15 is 0 Å². The van der Waals surface area contributed by atoms with Gasteiger partial charge in [-0.2, -0.15) is 49.2 Å². The molecule has 1 heterocycles. The fraction of sp³-hybridized carbons (Fsp3) is 0.321. The Kier molecular flexibility index (Phi) is 17.4. The van der Waals surface area contributed by atoms with Gasteiger partial charge in [0.25, 0.3) is 0 Å². The molecule has 8 rings (SSSR count). The average molecular weight is 958 g/mol. The maximum Gasteiger partial charge on any atom is -0.0866 e. The third kappa shape index (κ3) is 14.2. The van der Waals surface area contributed by atoms with Gasteiger partial charge in [0.05, 0.1) is 0 Å². The number of fused-ring (bicyclic) bond motifs is 1. The predicted octanol–water partition coefficient (Wildman–Crippen LogP) is 16.3. The molecule has 332 valence electrons. The second-order valence-corrected chi connectivity index (χ2v) is 34.2. The van der Waals surface area contributed by atoms with Crippen LogP contribution in [-0.2, 0) is 41.5 Å². The Balaban J connectivity index is 0.000000399. The van der Waals surface area contributed by atoms with Gasteiger partial charge in [0.1, 0.15) is 0 Å². The zero-order valence-electron chi connectivity index (χ0n) is 38.1. The van der Waals surface area contributed by atoms with E-state index in [1.165, 1.54) is 49.7 Å². The van der Waals surface area contributed by atoms with Gasteiger partial charge in [-0.15, -0.1) is 24.3 Å². The molecule has 1 saturated carbocycles. The van der Waals surface area contributed by atoms with Gasteiger partial charge in [0.15, 0.2) is 0 Å². The molecule has 0 spiro atoms. The van der Waals surface area contributed by atoms with Crippen LogP contribution in [0, 0.1) is 13.8 Å². The summed E-state index contributed by atoms with van der Waals surface area (Å²) in [4.78, 5) is 0. The summed E-state index contributed by atoms with van der Waals surface area (Å²) in [7, 11) is 0.541. The number of phenols is 2. The molecule has 1 aliphatic heterocycles. The minimum Gasteiger partial charge on any atom is -0.199 e. The quantitative estimate of drug-likeness (QED) is 0.149. The normalized spacial score (nSPS) is 18.3. The van der Waals surface area contributed by atoms with E-state index < -0.39 is 19.2 Å². The molecule has 4 nitrogen and oxygen atoms in total. The van der Waals surface area contributed by atoms with Crippen molar-refractivity contribution in [2.75, 3.05) is 0 Å². The van der Waals surface area contributed by atoms with E-state index in [1.54, 1.807) is 0 Å². The van der Waals surface area contributed by atoms with E-state index in [-0.39, 0.29) is 25.1 Å². The Labute approximate surface area is 390 Å². The van der Waals surface area contributed by atoms with E-state index in [2.05, 4.69) is 67.5 Å². The first-order valence-corrected chi connectivity index (χ1v) is 31.2. The molecule has 6 aromatic carbocycles. The van der Waals surface area contributed by atoms with Gasteiger partial charge in [-0.25, -0.2) is 0 Å². The molecule has 2 aliphatic rings. The van der Waals surface area contributed by atoms with Crippen LogP contribution in [0.15, 0.2) is 146 Å². The number of benzene rings is 6. The Morgan fingerprint density at radius 2 is 0.841 bits per heavy atom. The van der Waals surface area contributed by atoms with E-state index in [4.69, 9.17) is 9.47 Å². The molecular weight excluding hydrogens is 892 g/mol. The van der Waals surface area contributed by atoms with Crippen molar-refractivity contribution in [3.63, 3.8) is 0 Å². The zero-order valence-corrected chi connectivity index (χ0v) is 42.2. The van der Waals surface area contributed by atoms with Gasteiger partial charge in [-0.05, 0) is 0 Å². The first-order chi connectivity index (χ1) is 30.2. The van der Waals surface area contributed by atoms with Crippen molar-refractivity contribution in [1.82, 2.24) is 0 Å². The van der Waals surface area contributed by atoms with Crippen LogP contribution in [0.5, 0.6) is 34.5 Å². The molecule has 2 N–H and O–H groups in total. The SMILES string of the molecule is CC(C)(C)c1cc(C[S]2=[Zr]=[S@@](Cc3cc(C(C)(C)C)cc(Oc4ccccc4)c3O)C3CCCCCC[C@@H]32)c(O)c(Oc2ccccc2)c1.[CH2-]c1ccccc1.[CH2-]c1ccccc1. The second-order valence-electron chi connectivity index (χ2n) is 18.6. The fourth-order valence-electron chi connectivity index (χ4n) is 7.70. The van der Waals surface area contributed by atoms with Gasteiger partial charge < -0.3 is 0 Å². The Morgan fingerprint density at radius 3 is 1.14 bits per heavy atom. The topological polar surface area (TPSA) is 58.9 Å². The predicted molar refractivity (Wildman–Crippen MR) is 266 cm³/mol. The second kappa shape index (κ2) is 22.6. The molecule has 2 unspecified atom stereocenters. The van der Waals surface area contributed by atoms with E-state index in [9.17, 15) is 10.2 Å². The average Bonchev–Trinajstić information content (AvgIpc) is 3.54. The van der Waals surface area contributed by atoms with Crippen LogP contribution in [0.2, 0.25) is 0 Å². The molecule has 0 radical (unpaired) electrons. The molecule has 0 bridgehead atoms. The van der Waals surface area contributed by atoms with Gasteiger partial charge >= 0.3 is 308 Å². The third-order valence-electron chi connectivity index (χ3n) is 11.4. The van der Waals surface area contributed by atoms with Crippen molar-refractivity contribution >= 4 is 14.2 Å². The summed E-state index contributed by atoms with van der Waals surface area (Å²) >= 11 is -0.910.